The Balaban J connectivity index is 2.18. The van der Waals surface area contributed by atoms with Crippen LogP contribution in [0.1, 0.15) is 39.6 Å². The minimum absolute atomic E-state index is 0.451. The molecular formula is C13H16BF4NO2. The highest BCUT2D eigenvalue weighted by Crippen LogP contribution is 2.37. The molecule has 1 aliphatic heterocycles. The Bertz CT molecular complexity index is 500. The summed E-state index contributed by atoms with van der Waals surface area (Å²) in [4.78, 5) is 3.53. The van der Waals surface area contributed by atoms with Gasteiger partial charge in [0.05, 0.1) is 16.9 Å². The molecule has 21 heavy (non-hydrogen) atoms. The van der Waals surface area contributed by atoms with Crippen LogP contribution < -0.4 is 5.46 Å². The number of hydrogen-bond donors (Lipinski definition) is 0. The molecule has 0 aliphatic carbocycles. The average molecular weight is 305 g/mol. The Morgan fingerprint density at radius 2 is 1.62 bits per heavy atom. The molecule has 0 aromatic carbocycles. The largest absolute Gasteiger partial charge is 0.496 e. The smallest absolute Gasteiger partial charge is 0.399 e. The molecule has 0 saturated carbocycles. The topological polar surface area (TPSA) is 31.4 Å². The van der Waals surface area contributed by atoms with Crippen LogP contribution in [0.25, 0.3) is 0 Å². The first kappa shape index (κ1) is 16.2. The van der Waals surface area contributed by atoms with Gasteiger partial charge in [-0.25, -0.2) is 4.39 Å². The van der Waals surface area contributed by atoms with Crippen molar-refractivity contribution in [1.29, 1.82) is 0 Å². The van der Waals surface area contributed by atoms with Gasteiger partial charge in [0.15, 0.2) is 0 Å². The van der Waals surface area contributed by atoms with Crippen molar-refractivity contribution in [3.8, 4) is 0 Å². The summed E-state index contributed by atoms with van der Waals surface area (Å²) in [6.45, 7) is 7.43. The van der Waals surface area contributed by atoms with E-state index in [2.05, 4.69) is 4.98 Å². The van der Waals surface area contributed by atoms with E-state index in [1.807, 2.05) is 27.7 Å². The third kappa shape index (κ3) is 3.06. The van der Waals surface area contributed by atoms with Crippen LogP contribution in [-0.4, -0.2) is 29.5 Å². The molecule has 2 heterocycles. The zero-order valence-corrected chi connectivity index (χ0v) is 12.2. The minimum atomic E-state index is -4.96. The lowest BCUT2D eigenvalue weighted by Crippen LogP contribution is -2.41. The molecule has 1 saturated heterocycles. The lowest BCUT2D eigenvalue weighted by atomic mass is 9.80. The molecule has 0 amide bonds. The summed E-state index contributed by atoms with van der Waals surface area (Å²) in [6, 6.07) is 2.33. The summed E-state index contributed by atoms with van der Waals surface area (Å²) in [7, 11) is -0.736. The summed E-state index contributed by atoms with van der Waals surface area (Å²) < 4.78 is 61.5. The van der Waals surface area contributed by atoms with E-state index in [4.69, 9.17) is 9.31 Å². The normalized spacial score (nSPS) is 22.4. The Labute approximate surface area is 120 Å². The van der Waals surface area contributed by atoms with Gasteiger partial charge in [0.1, 0.15) is 0 Å². The van der Waals surface area contributed by atoms with E-state index in [0.29, 0.717) is 5.46 Å². The second-order valence-electron chi connectivity index (χ2n) is 6.01. The third-order valence-corrected chi connectivity index (χ3v) is 3.88. The summed E-state index contributed by atoms with van der Waals surface area (Å²) in [6.07, 6.45) is -6.90. The van der Waals surface area contributed by atoms with Crippen LogP contribution in [0.5, 0.6) is 0 Å². The molecule has 0 bridgehead atoms. The number of rotatable bonds is 2. The van der Waals surface area contributed by atoms with Gasteiger partial charge in [-0.2, -0.15) is 13.2 Å². The van der Waals surface area contributed by atoms with Gasteiger partial charge in [0.25, 0.3) is 0 Å². The van der Waals surface area contributed by atoms with Gasteiger partial charge in [-0.05, 0) is 33.8 Å². The Morgan fingerprint density at radius 1 is 1.10 bits per heavy atom. The molecule has 1 unspecified atom stereocenters. The van der Waals surface area contributed by atoms with Gasteiger partial charge in [-0.15, -0.1) is 0 Å². The zero-order valence-electron chi connectivity index (χ0n) is 12.2. The van der Waals surface area contributed by atoms with Gasteiger partial charge >= 0.3 is 13.3 Å². The van der Waals surface area contributed by atoms with E-state index in [1.165, 1.54) is 6.07 Å². The SMILES string of the molecule is CC1(C)OB(c2ccc(C(F)C(F)(F)F)nc2)OC1(C)C. The van der Waals surface area contributed by atoms with E-state index < -0.39 is 36.4 Å². The number of halogens is 4. The number of nitrogens with zero attached hydrogens (tertiary/aromatic N) is 1. The van der Waals surface area contributed by atoms with E-state index in [1.54, 1.807) is 0 Å². The molecule has 8 heteroatoms. The molecule has 0 spiro atoms. The van der Waals surface area contributed by atoms with Crippen molar-refractivity contribution in [2.45, 2.75) is 51.2 Å². The van der Waals surface area contributed by atoms with Crippen LogP contribution in [-0.2, 0) is 9.31 Å². The van der Waals surface area contributed by atoms with Gasteiger partial charge in [-0.3, -0.25) is 4.98 Å². The standard InChI is InChI=1S/C13H16BF4NO2/c1-11(2)12(3,4)21-14(20-11)8-5-6-9(19-7-8)10(15)13(16,17)18/h5-7,10H,1-4H3. The Hall–Kier alpha value is -1.15. The maximum absolute atomic E-state index is 13.1. The first-order chi connectivity index (χ1) is 9.44. The van der Waals surface area contributed by atoms with Crippen LogP contribution in [0.2, 0.25) is 0 Å². The van der Waals surface area contributed by atoms with Crippen LogP contribution >= 0.6 is 0 Å². The van der Waals surface area contributed by atoms with Crippen molar-refractivity contribution in [3.63, 3.8) is 0 Å². The molecule has 0 radical (unpaired) electrons. The fourth-order valence-corrected chi connectivity index (χ4v) is 1.85. The first-order valence-electron chi connectivity index (χ1n) is 6.46. The second-order valence-corrected chi connectivity index (χ2v) is 6.01. The zero-order chi connectivity index (χ0) is 16.1. The van der Waals surface area contributed by atoms with Crippen molar-refractivity contribution in [2.75, 3.05) is 0 Å². The molecule has 1 atom stereocenters. The minimum Gasteiger partial charge on any atom is -0.399 e. The molecule has 1 fully saturated rings. The molecule has 3 nitrogen and oxygen atoms in total. The van der Waals surface area contributed by atoms with Crippen molar-refractivity contribution >= 4 is 12.6 Å². The van der Waals surface area contributed by atoms with E-state index in [9.17, 15) is 17.6 Å². The summed E-state index contributed by atoms with van der Waals surface area (Å²) in [5.41, 5.74) is -1.36. The lowest BCUT2D eigenvalue weighted by Gasteiger charge is -2.32. The third-order valence-electron chi connectivity index (χ3n) is 3.88. The molecule has 116 valence electrons. The van der Waals surface area contributed by atoms with Crippen molar-refractivity contribution in [1.82, 2.24) is 4.98 Å². The second kappa shape index (κ2) is 4.95. The van der Waals surface area contributed by atoms with E-state index in [-0.39, 0.29) is 0 Å². The maximum Gasteiger partial charge on any atom is 0.496 e. The van der Waals surface area contributed by atoms with E-state index >= 15 is 0 Å². The van der Waals surface area contributed by atoms with Gasteiger partial charge in [0.2, 0.25) is 6.17 Å². The first-order valence-corrected chi connectivity index (χ1v) is 6.46. The molecular weight excluding hydrogens is 289 g/mol. The molecule has 1 aliphatic rings. The fraction of sp³-hybridized carbons (Fsp3) is 0.615. The maximum atomic E-state index is 13.1. The van der Waals surface area contributed by atoms with Crippen LogP contribution in [0.3, 0.4) is 0 Å². The van der Waals surface area contributed by atoms with Gasteiger partial charge < -0.3 is 9.31 Å². The predicted octanol–water partition coefficient (Wildman–Crippen LogP) is 2.95. The average Bonchev–Trinajstić information content (AvgIpc) is 2.57. The number of pyridine rings is 1. The lowest BCUT2D eigenvalue weighted by molar-refractivity contribution is -0.183. The number of alkyl halides is 4. The highest BCUT2D eigenvalue weighted by Gasteiger charge is 2.52. The van der Waals surface area contributed by atoms with E-state index in [0.717, 1.165) is 12.3 Å². The number of hydrogen-bond acceptors (Lipinski definition) is 3. The summed E-state index contributed by atoms with van der Waals surface area (Å²) >= 11 is 0. The Morgan fingerprint density at radius 3 is 2.00 bits per heavy atom. The number of aromatic nitrogens is 1. The van der Waals surface area contributed by atoms with Crippen LogP contribution in [0.15, 0.2) is 18.3 Å². The fourth-order valence-electron chi connectivity index (χ4n) is 1.85. The van der Waals surface area contributed by atoms with Crippen molar-refractivity contribution < 1.29 is 26.9 Å². The molecule has 0 N–H and O–H groups in total. The molecule has 1 aromatic heterocycles. The molecule has 2 rings (SSSR count). The van der Waals surface area contributed by atoms with Crippen molar-refractivity contribution in [2.24, 2.45) is 0 Å². The summed E-state index contributed by atoms with van der Waals surface area (Å²) in [5.74, 6) is 0. The summed E-state index contributed by atoms with van der Waals surface area (Å²) in [5, 5.41) is 0. The van der Waals surface area contributed by atoms with Crippen LogP contribution in [0, 0.1) is 0 Å². The highest BCUT2D eigenvalue weighted by molar-refractivity contribution is 6.62. The highest BCUT2D eigenvalue weighted by atomic mass is 19.4. The quantitative estimate of drug-likeness (QED) is 0.622. The molecule has 1 aromatic rings. The monoisotopic (exact) mass is 305 g/mol. The van der Waals surface area contributed by atoms with Gasteiger partial charge in [0, 0.05) is 11.7 Å². The van der Waals surface area contributed by atoms with Gasteiger partial charge in [-0.1, -0.05) is 6.07 Å². The Kier molecular flexibility index (Phi) is 3.82. The van der Waals surface area contributed by atoms with Crippen molar-refractivity contribution in [3.05, 3.63) is 24.0 Å². The van der Waals surface area contributed by atoms with Crippen LogP contribution in [0.4, 0.5) is 17.6 Å². The predicted molar refractivity (Wildman–Crippen MR) is 69.9 cm³/mol.